The van der Waals surface area contributed by atoms with E-state index in [0.29, 0.717) is 12.6 Å². The highest BCUT2D eigenvalue weighted by Gasteiger charge is 2.24. The van der Waals surface area contributed by atoms with Crippen molar-refractivity contribution in [3.8, 4) is 0 Å². The van der Waals surface area contributed by atoms with Gasteiger partial charge in [0.05, 0.1) is 11.8 Å². The van der Waals surface area contributed by atoms with Crippen molar-refractivity contribution < 1.29 is 8.42 Å². The van der Waals surface area contributed by atoms with Gasteiger partial charge in [-0.05, 0) is 48.5 Å². The summed E-state index contributed by atoms with van der Waals surface area (Å²) < 4.78 is 22.8. The number of nitrogens with zero attached hydrogens (tertiary/aromatic N) is 2. The molecule has 1 aromatic heterocycles. The Labute approximate surface area is 201 Å². The number of nitrogens with one attached hydrogen (secondary N) is 2. The second-order valence-electron chi connectivity index (χ2n) is 7.47. The van der Waals surface area contributed by atoms with Gasteiger partial charge in [0, 0.05) is 31.3 Å². The summed E-state index contributed by atoms with van der Waals surface area (Å²) in [6.45, 7) is 3.74. The molecule has 166 valence electrons. The number of thiophene rings is 1. The summed E-state index contributed by atoms with van der Waals surface area (Å²) in [5.41, 5.74) is 1.89. The number of halogens is 1. The number of hydrogen-bond donors (Lipinski definition) is 2. The molecule has 1 fully saturated rings. The molecule has 1 aliphatic rings. The van der Waals surface area contributed by atoms with Gasteiger partial charge in [-0.25, -0.2) is 8.42 Å². The Morgan fingerprint density at radius 2 is 1.80 bits per heavy atom. The first-order valence-corrected chi connectivity index (χ1v) is 12.9. The van der Waals surface area contributed by atoms with Crippen LogP contribution in [-0.4, -0.2) is 52.2 Å². The van der Waals surface area contributed by atoms with Gasteiger partial charge >= 0.3 is 0 Å². The Morgan fingerprint density at radius 1 is 1.13 bits per heavy atom. The van der Waals surface area contributed by atoms with Crippen LogP contribution in [-0.2, 0) is 22.1 Å². The highest BCUT2D eigenvalue weighted by Crippen LogP contribution is 2.27. The van der Waals surface area contributed by atoms with Crippen LogP contribution in [0, 0.1) is 0 Å². The van der Waals surface area contributed by atoms with Crippen molar-refractivity contribution in [3.05, 3.63) is 57.8 Å². The zero-order valence-corrected chi connectivity index (χ0v) is 21.5. The first-order valence-electron chi connectivity index (χ1n) is 9.92. The summed E-state index contributed by atoms with van der Waals surface area (Å²) >= 11 is 1.81. The molecule has 1 aromatic carbocycles. The van der Waals surface area contributed by atoms with E-state index in [1.54, 1.807) is 7.05 Å². The summed E-state index contributed by atoms with van der Waals surface area (Å²) in [4.78, 5) is 8.28. The molecule has 6 nitrogen and oxygen atoms in total. The van der Waals surface area contributed by atoms with E-state index >= 15 is 0 Å². The Kier molecular flexibility index (Phi) is 10.1. The van der Waals surface area contributed by atoms with Crippen LogP contribution in [0.25, 0.3) is 0 Å². The highest BCUT2D eigenvalue weighted by molar-refractivity contribution is 14.0. The van der Waals surface area contributed by atoms with Crippen molar-refractivity contribution in [3.63, 3.8) is 0 Å². The predicted octanol–water partition coefficient (Wildman–Crippen LogP) is 3.41. The largest absolute Gasteiger partial charge is 0.354 e. The Morgan fingerprint density at radius 3 is 2.37 bits per heavy atom. The standard InChI is InChI=1S/C21H30N4O2S2.HI/c1-22-21(23-14-17-7-9-18(10-8-17)16-29(2,26)27)24-15-19(20-6-5-13-28-20)25-11-3-4-12-25;/h5-10,13,19H,3-4,11-12,14-16H2,1-2H3,(H2,22,23,24);1H. The van der Waals surface area contributed by atoms with Crippen LogP contribution in [0.1, 0.15) is 34.9 Å². The van der Waals surface area contributed by atoms with E-state index in [1.807, 2.05) is 35.6 Å². The summed E-state index contributed by atoms with van der Waals surface area (Å²) in [6.07, 6.45) is 3.79. The topological polar surface area (TPSA) is 73.8 Å². The molecule has 2 aromatic rings. The number of hydrogen-bond acceptors (Lipinski definition) is 5. The molecule has 0 spiro atoms. The van der Waals surface area contributed by atoms with Crippen molar-refractivity contribution in [2.24, 2.45) is 4.99 Å². The van der Waals surface area contributed by atoms with Gasteiger partial charge in [0.1, 0.15) is 0 Å². The maximum Gasteiger partial charge on any atom is 0.191 e. The van der Waals surface area contributed by atoms with Crippen molar-refractivity contribution >= 4 is 51.1 Å². The van der Waals surface area contributed by atoms with Crippen molar-refractivity contribution in [2.75, 3.05) is 32.9 Å². The zero-order chi connectivity index (χ0) is 20.7. The smallest absolute Gasteiger partial charge is 0.191 e. The average Bonchev–Trinajstić information content (AvgIpc) is 3.39. The number of sulfone groups is 1. The third kappa shape index (κ3) is 7.82. The number of rotatable bonds is 8. The Bertz CT molecular complexity index is 894. The van der Waals surface area contributed by atoms with Gasteiger partial charge in [-0.15, -0.1) is 35.3 Å². The van der Waals surface area contributed by atoms with Crippen LogP contribution in [0.15, 0.2) is 46.8 Å². The molecule has 0 aliphatic carbocycles. The molecule has 1 atom stereocenters. The maximum atomic E-state index is 11.4. The average molecular weight is 563 g/mol. The predicted molar refractivity (Wildman–Crippen MR) is 136 cm³/mol. The van der Waals surface area contributed by atoms with Crippen LogP contribution in [0.2, 0.25) is 0 Å². The number of aliphatic imine (C=N–C) groups is 1. The number of guanidine groups is 1. The fourth-order valence-electron chi connectivity index (χ4n) is 3.60. The fourth-order valence-corrected chi connectivity index (χ4v) is 5.26. The number of likely N-dealkylation sites (tertiary alicyclic amines) is 1. The van der Waals surface area contributed by atoms with Gasteiger partial charge < -0.3 is 10.6 Å². The van der Waals surface area contributed by atoms with Crippen LogP contribution in [0.5, 0.6) is 0 Å². The third-order valence-electron chi connectivity index (χ3n) is 5.05. The van der Waals surface area contributed by atoms with Crippen LogP contribution < -0.4 is 10.6 Å². The minimum Gasteiger partial charge on any atom is -0.354 e. The summed E-state index contributed by atoms with van der Waals surface area (Å²) in [6, 6.07) is 12.3. The van der Waals surface area contributed by atoms with E-state index in [2.05, 4.69) is 38.0 Å². The molecule has 1 unspecified atom stereocenters. The van der Waals surface area contributed by atoms with Crippen LogP contribution in [0.3, 0.4) is 0 Å². The minimum absolute atomic E-state index is 0. The second kappa shape index (κ2) is 12.0. The quantitative estimate of drug-likeness (QED) is 0.293. The first kappa shape index (κ1) is 25.1. The lowest BCUT2D eigenvalue weighted by molar-refractivity contribution is 0.249. The molecule has 0 bridgehead atoms. The van der Waals surface area contributed by atoms with E-state index in [0.717, 1.165) is 36.7 Å². The molecule has 1 saturated heterocycles. The minimum atomic E-state index is -3.01. The van der Waals surface area contributed by atoms with Gasteiger partial charge in [-0.1, -0.05) is 30.3 Å². The van der Waals surface area contributed by atoms with Crippen LogP contribution in [0.4, 0.5) is 0 Å². The lowest BCUT2D eigenvalue weighted by Crippen LogP contribution is -2.42. The maximum absolute atomic E-state index is 11.4. The Hall–Kier alpha value is -1.17. The van der Waals surface area contributed by atoms with Crippen molar-refractivity contribution in [1.29, 1.82) is 0 Å². The van der Waals surface area contributed by atoms with E-state index < -0.39 is 9.84 Å². The third-order valence-corrected chi connectivity index (χ3v) is 6.88. The van der Waals surface area contributed by atoms with Gasteiger partial charge in [0.25, 0.3) is 0 Å². The second-order valence-corrected chi connectivity index (χ2v) is 10.6. The lowest BCUT2D eigenvalue weighted by Gasteiger charge is -2.27. The molecular weight excluding hydrogens is 531 g/mol. The van der Waals surface area contributed by atoms with E-state index in [9.17, 15) is 8.42 Å². The van der Waals surface area contributed by atoms with Crippen molar-refractivity contribution in [2.45, 2.75) is 31.2 Å². The molecular formula is C21H31IN4O2S2. The molecule has 9 heteroatoms. The van der Waals surface area contributed by atoms with Gasteiger partial charge in [-0.2, -0.15) is 0 Å². The van der Waals surface area contributed by atoms with E-state index in [4.69, 9.17) is 0 Å². The molecule has 0 saturated carbocycles. The molecule has 30 heavy (non-hydrogen) atoms. The number of benzene rings is 1. The van der Waals surface area contributed by atoms with Gasteiger partial charge in [-0.3, -0.25) is 9.89 Å². The van der Waals surface area contributed by atoms with Crippen molar-refractivity contribution in [1.82, 2.24) is 15.5 Å². The van der Waals surface area contributed by atoms with E-state index in [-0.39, 0.29) is 29.7 Å². The zero-order valence-electron chi connectivity index (χ0n) is 17.5. The highest BCUT2D eigenvalue weighted by atomic mass is 127. The lowest BCUT2D eigenvalue weighted by atomic mass is 10.1. The van der Waals surface area contributed by atoms with Gasteiger partial charge in [0.15, 0.2) is 15.8 Å². The first-order chi connectivity index (χ1) is 13.9. The monoisotopic (exact) mass is 562 g/mol. The van der Waals surface area contributed by atoms with Crippen LogP contribution >= 0.6 is 35.3 Å². The molecule has 3 rings (SSSR count). The Balaban J connectivity index is 0.00000320. The van der Waals surface area contributed by atoms with Gasteiger partial charge in [0.2, 0.25) is 0 Å². The molecule has 0 radical (unpaired) electrons. The molecule has 1 aliphatic heterocycles. The SMILES string of the molecule is CN=C(NCc1ccc(CS(C)(=O)=O)cc1)NCC(c1cccs1)N1CCCC1.I. The molecule has 2 heterocycles. The summed E-state index contributed by atoms with van der Waals surface area (Å²) in [7, 11) is -1.23. The normalized spacial score (nSPS) is 16.1. The molecule has 2 N–H and O–H groups in total. The summed E-state index contributed by atoms with van der Waals surface area (Å²) in [5.74, 6) is 0.843. The molecule has 0 amide bonds. The fraction of sp³-hybridized carbons (Fsp3) is 0.476. The summed E-state index contributed by atoms with van der Waals surface area (Å²) in [5, 5.41) is 8.96. The van der Waals surface area contributed by atoms with E-state index in [1.165, 1.54) is 24.0 Å².